The fourth-order valence-corrected chi connectivity index (χ4v) is 5.13. The van der Waals surface area contributed by atoms with E-state index in [1.54, 1.807) is 11.3 Å². The van der Waals surface area contributed by atoms with Gasteiger partial charge in [0.2, 0.25) is 5.91 Å². The highest BCUT2D eigenvalue weighted by Crippen LogP contribution is 2.33. The van der Waals surface area contributed by atoms with Gasteiger partial charge < -0.3 is 10.6 Å². The van der Waals surface area contributed by atoms with E-state index in [9.17, 15) is 4.79 Å². The third-order valence-electron chi connectivity index (χ3n) is 4.57. The fourth-order valence-electron chi connectivity index (χ4n) is 3.64. The molecule has 22 heavy (non-hydrogen) atoms. The highest BCUT2D eigenvalue weighted by Gasteiger charge is 2.34. The smallest absolute Gasteiger partial charge is 0.226 e. The first kappa shape index (κ1) is 14.4. The number of amides is 1. The number of anilines is 1. The highest BCUT2D eigenvalue weighted by molar-refractivity contribution is 7.16. The van der Waals surface area contributed by atoms with Crippen LogP contribution in [0.5, 0.6) is 0 Å². The zero-order valence-corrected chi connectivity index (χ0v) is 13.9. The standard InChI is InChI=1S/C16H19N3OS2/c20-15(8-10-6-11-3-4-12(7-10)17-11)19-16-18-13(9-22-16)14-2-1-5-21-14/h1-2,5,9-12,17H,3-4,6-8H2,(H,18,19,20). The number of nitrogens with zero attached hydrogens (tertiary/aromatic N) is 1. The lowest BCUT2D eigenvalue weighted by Gasteiger charge is -2.28. The zero-order chi connectivity index (χ0) is 14.9. The first-order chi connectivity index (χ1) is 10.8. The molecule has 0 radical (unpaired) electrons. The second-order valence-corrected chi connectivity index (χ2v) is 8.05. The van der Waals surface area contributed by atoms with Crippen molar-refractivity contribution >= 4 is 33.7 Å². The maximum atomic E-state index is 12.2. The summed E-state index contributed by atoms with van der Waals surface area (Å²) in [6.07, 6.45) is 5.46. The summed E-state index contributed by atoms with van der Waals surface area (Å²) in [5.74, 6) is 0.633. The Morgan fingerprint density at radius 1 is 1.32 bits per heavy atom. The molecule has 116 valence electrons. The largest absolute Gasteiger partial charge is 0.311 e. The predicted molar refractivity (Wildman–Crippen MR) is 91.3 cm³/mol. The van der Waals surface area contributed by atoms with Gasteiger partial charge in [-0.25, -0.2) is 4.98 Å². The molecule has 4 heterocycles. The van der Waals surface area contributed by atoms with E-state index in [-0.39, 0.29) is 5.91 Å². The predicted octanol–water partition coefficient (Wildman–Crippen LogP) is 3.73. The summed E-state index contributed by atoms with van der Waals surface area (Å²) in [6, 6.07) is 5.35. The summed E-state index contributed by atoms with van der Waals surface area (Å²) in [5, 5.41) is 11.4. The number of hydrogen-bond donors (Lipinski definition) is 2. The van der Waals surface area contributed by atoms with Gasteiger partial charge in [0, 0.05) is 23.9 Å². The lowest BCUT2D eigenvalue weighted by molar-refractivity contribution is -0.117. The molecular weight excluding hydrogens is 314 g/mol. The minimum absolute atomic E-state index is 0.110. The van der Waals surface area contributed by atoms with Crippen LogP contribution in [0.3, 0.4) is 0 Å². The number of rotatable bonds is 4. The molecule has 2 N–H and O–H groups in total. The molecule has 2 aliphatic rings. The second-order valence-electron chi connectivity index (χ2n) is 6.24. The van der Waals surface area contributed by atoms with Gasteiger partial charge in [-0.3, -0.25) is 4.79 Å². The van der Waals surface area contributed by atoms with Gasteiger partial charge in [0.15, 0.2) is 5.13 Å². The second kappa shape index (κ2) is 6.10. The third kappa shape index (κ3) is 3.09. The van der Waals surface area contributed by atoms with Gasteiger partial charge in [0.05, 0.1) is 10.6 Å². The van der Waals surface area contributed by atoms with Crippen molar-refractivity contribution in [1.82, 2.24) is 10.3 Å². The van der Waals surface area contributed by atoms with Gasteiger partial charge in [-0.05, 0) is 43.0 Å². The molecule has 2 atom stereocenters. The highest BCUT2D eigenvalue weighted by atomic mass is 32.1. The first-order valence-electron chi connectivity index (χ1n) is 7.81. The summed E-state index contributed by atoms with van der Waals surface area (Å²) < 4.78 is 0. The molecule has 4 nitrogen and oxygen atoms in total. The molecule has 1 amide bonds. The maximum Gasteiger partial charge on any atom is 0.226 e. The Morgan fingerprint density at radius 2 is 2.14 bits per heavy atom. The van der Waals surface area contributed by atoms with Gasteiger partial charge in [0.1, 0.15) is 0 Å². The summed E-state index contributed by atoms with van der Waals surface area (Å²) in [6.45, 7) is 0. The van der Waals surface area contributed by atoms with Gasteiger partial charge in [-0.2, -0.15) is 0 Å². The number of thiazole rings is 1. The fraction of sp³-hybridized carbons (Fsp3) is 0.500. The van der Waals surface area contributed by atoms with Crippen molar-refractivity contribution in [2.45, 2.75) is 44.2 Å². The Morgan fingerprint density at radius 3 is 2.86 bits per heavy atom. The molecule has 2 aromatic rings. The molecule has 0 saturated carbocycles. The lowest BCUT2D eigenvalue weighted by atomic mass is 9.89. The van der Waals surface area contributed by atoms with Crippen molar-refractivity contribution < 1.29 is 4.79 Å². The van der Waals surface area contributed by atoms with Crippen LogP contribution in [-0.4, -0.2) is 23.0 Å². The number of hydrogen-bond acceptors (Lipinski definition) is 5. The Kier molecular flexibility index (Phi) is 3.98. The molecule has 6 heteroatoms. The molecule has 2 aliphatic heterocycles. The van der Waals surface area contributed by atoms with E-state index in [1.807, 2.05) is 16.8 Å². The summed E-state index contributed by atoms with van der Waals surface area (Å²) >= 11 is 3.17. The van der Waals surface area contributed by atoms with Crippen LogP contribution in [0.1, 0.15) is 32.1 Å². The average Bonchev–Trinajstić information content (AvgIpc) is 3.20. The minimum atomic E-state index is 0.110. The summed E-state index contributed by atoms with van der Waals surface area (Å²) in [4.78, 5) is 17.9. The number of fused-ring (bicyclic) bond motifs is 2. The number of aromatic nitrogens is 1. The number of carbonyl (C=O) groups excluding carboxylic acids is 1. The van der Waals surface area contributed by atoms with Gasteiger partial charge in [0.25, 0.3) is 0 Å². The Bertz CT molecular complexity index is 640. The molecular formula is C16H19N3OS2. The Labute approximate surface area is 138 Å². The van der Waals surface area contributed by atoms with Crippen LogP contribution in [0.15, 0.2) is 22.9 Å². The molecule has 2 fully saturated rings. The van der Waals surface area contributed by atoms with E-state index in [0.29, 0.717) is 29.6 Å². The molecule has 0 aliphatic carbocycles. The molecule has 2 saturated heterocycles. The van der Waals surface area contributed by atoms with Crippen molar-refractivity contribution in [3.05, 3.63) is 22.9 Å². The van der Waals surface area contributed by atoms with Crippen LogP contribution in [0.2, 0.25) is 0 Å². The Hall–Kier alpha value is -1.24. The molecule has 2 bridgehead atoms. The monoisotopic (exact) mass is 333 g/mol. The van der Waals surface area contributed by atoms with Crippen LogP contribution in [0.4, 0.5) is 5.13 Å². The molecule has 2 aromatic heterocycles. The van der Waals surface area contributed by atoms with Crippen LogP contribution in [-0.2, 0) is 4.79 Å². The zero-order valence-electron chi connectivity index (χ0n) is 12.2. The van der Waals surface area contributed by atoms with E-state index in [4.69, 9.17) is 0 Å². The van der Waals surface area contributed by atoms with Crippen LogP contribution in [0.25, 0.3) is 10.6 Å². The number of nitrogens with one attached hydrogen (secondary N) is 2. The number of thiophene rings is 1. The van der Waals surface area contributed by atoms with Crippen molar-refractivity contribution in [1.29, 1.82) is 0 Å². The van der Waals surface area contributed by atoms with E-state index in [2.05, 4.69) is 21.7 Å². The maximum absolute atomic E-state index is 12.2. The number of carbonyl (C=O) groups is 1. The quantitative estimate of drug-likeness (QED) is 0.896. The third-order valence-corrected chi connectivity index (χ3v) is 6.22. The van der Waals surface area contributed by atoms with Crippen molar-refractivity contribution in [3.8, 4) is 10.6 Å². The molecule has 0 aromatic carbocycles. The van der Waals surface area contributed by atoms with Crippen LogP contribution in [0, 0.1) is 5.92 Å². The van der Waals surface area contributed by atoms with Gasteiger partial charge >= 0.3 is 0 Å². The number of piperidine rings is 1. The van der Waals surface area contributed by atoms with E-state index < -0.39 is 0 Å². The first-order valence-corrected chi connectivity index (χ1v) is 9.57. The van der Waals surface area contributed by atoms with Crippen LogP contribution < -0.4 is 10.6 Å². The summed E-state index contributed by atoms with van der Waals surface area (Å²) in [7, 11) is 0. The molecule has 0 spiro atoms. The van der Waals surface area contributed by atoms with Crippen LogP contribution >= 0.6 is 22.7 Å². The van der Waals surface area contributed by atoms with E-state index >= 15 is 0 Å². The molecule has 4 rings (SSSR count). The average molecular weight is 333 g/mol. The van der Waals surface area contributed by atoms with Crippen molar-refractivity contribution in [2.24, 2.45) is 5.92 Å². The summed E-state index contributed by atoms with van der Waals surface area (Å²) in [5.41, 5.74) is 0.954. The lowest BCUT2D eigenvalue weighted by Crippen LogP contribution is -2.39. The van der Waals surface area contributed by atoms with Crippen molar-refractivity contribution in [3.63, 3.8) is 0 Å². The van der Waals surface area contributed by atoms with E-state index in [0.717, 1.165) is 23.4 Å². The Balaban J connectivity index is 1.34. The van der Waals surface area contributed by atoms with E-state index in [1.165, 1.54) is 24.2 Å². The van der Waals surface area contributed by atoms with Gasteiger partial charge in [-0.15, -0.1) is 22.7 Å². The SMILES string of the molecule is O=C(CC1CC2CCC(C1)N2)Nc1nc(-c2cccs2)cs1. The molecule has 2 unspecified atom stereocenters. The van der Waals surface area contributed by atoms with Crippen molar-refractivity contribution in [2.75, 3.05) is 5.32 Å². The van der Waals surface area contributed by atoms with Gasteiger partial charge in [-0.1, -0.05) is 6.07 Å². The topological polar surface area (TPSA) is 54.0 Å². The normalized spacial score (nSPS) is 27.0. The minimum Gasteiger partial charge on any atom is -0.311 e.